The highest BCUT2D eigenvalue weighted by molar-refractivity contribution is 6.34. The van der Waals surface area contributed by atoms with E-state index in [-0.39, 0.29) is 0 Å². The lowest BCUT2D eigenvalue weighted by atomic mass is 10.1. The first-order chi connectivity index (χ1) is 11.3. The van der Waals surface area contributed by atoms with Gasteiger partial charge in [-0.05, 0) is 37.3 Å². The molecule has 0 spiro atoms. The van der Waals surface area contributed by atoms with Crippen molar-refractivity contribution in [1.82, 2.24) is 0 Å². The Bertz CT molecular complexity index is 759. The molecule has 0 heterocycles. The summed E-state index contributed by atoms with van der Waals surface area (Å²) in [5, 5.41) is 7.45. The Balaban J connectivity index is 2.06. The molecule has 0 saturated carbocycles. The predicted octanol–water partition coefficient (Wildman–Crippen LogP) is 5.90. The number of nitrogens with zero attached hydrogens (tertiary/aromatic N) is 2. The van der Waals surface area contributed by atoms with Crippen molar-refractivity contribution in [1.29, 1.82) is 0 Å². The highest BCUT2D eigenvalue weighted by atomic mass is 35.5. The van der Waals surface area contributed by atoms with Gasteiger partial charge in [-0.1, -0.05) is 66.2 Å². The van der Waals surface area contributed by atoms with E-state index in [9.17, 15) is 0 Å². The van der Waals surface area contributed by atoms with Crippen LogP contribution in [0, 0.1) is 0 Å². The van der Waals surface area contributed by atoms with Gasteiger partial charge in [0, 0.05) is 10.6 Å². The van der Waals surface area contributed by atoms with Crippen LogP contribution in [0.2, 0.25) is 5.02 Å². The lowest BCUT2D eigenvalue weighted by molar-refractivity contribution is 1.08. The van der Waals surface area contributed by atoms with Gasteiger partial charge in [0.15, 0.2) is 0 Å². The largest absolute Gasteiger partial charge is 0.234 e. The molecule has 0 aliphatic rings. The van der Waals surface area contributed by atoms with E-state index in [0.717, 1.165) is 22.6 Å². The second-order valence-electron chi connectivity index (χ2n) is 5.15. The quantitative estimate of drug-likeness (QED) is 0.431. The Hall–Kier alpha value is -2.58. The summed E-state index contributed by atoms with van der Waals surface area (Å²) in [5.41, 5.74) is 3.81. The number of hydrazone groups is 1. The van der Waals surface area contributed by atoms with Crippen LogP contribution < -0.4 is 5.01 Å². The average molecular weight is 321 g/mol. The molecule has 0 aliphatic carbocycles. The van der Waals surface area contributed by atoms with Crippen molar-refractivity contribution in [2.24, 2.45) is 5.10 Å². The molecule has 0 bridgehead atoms. The maximum Gasteiger partial charge on any atom is 0.0670 e. The van der Waals surface area contributed by atoms with E-state index in [1.54, 1.807) is 0 Å². The molecule has 0 aromatic heterocycles. The third-order valence-electron chi connectivity index (χ3n) is 3.52. The van der Waals surface area contributed by atoms with Gasteiger partial charge >= 0.3 is 0 Å². The maximum absolute atomic E-state index is 6.30. The number of halogens is 1. The molecule has 0 atom stereocenters. The molecule has 0 amide bonds. The molecule has 0 aliphatic heterocycles. The fourth-order valence-electron chi connectivity index (χ4n) is 2.36. The van der Waals surface area contributed by atoms with Crippen molar-refractivity contribution >= 4 is 28.7 Å². The van der Waals surface area contributed by atoms with Gasteiger partial charge < -0.3 is 0 Å². The van der Waals surface area contributed by atoms with Crippen molar-refractivity contribution in [3.05, 3.63) is 95.5 Å². The van der Waals surface area contributed by atoms with E-state index < -0.39 is 0 Å². The molecular weight excluding hydrogens is 304 g/mol. The Morgan fingerprint density at radius 1 is 0.739 bits per heavy atom. The zero-order chi connectivity index (χ0) is 16.1. The van der Waals surface area contributed by atoms with Crippen LogP contribution in [-0.2, 0) is 0 Å². The summed E-state index contributed by atoms with van der Waals surface area (Å²) in [4.78, 5) is 0. The fourth-order valence-corrected chi connectivity index (χ4v) is 2.63. The molecule has 23 heavy (non-hydrogen) atoms. The Kier molecular flexibility index (Phi) is 4.74. The number of hydrogen-bond donors (Lipinski definition) is 0. The molecule has 3 heteroatoms. The first-order valence-electron chi connectivity index (χ1n) is 7.46. The van der Waals surface area contributed by atoms with Crippen molar-refractivity contribution in [2.75, 3.05) is 5.01 Å². The number of para-hydroxylation sites is 2. The standard InChI is InChI=1S/C20H17ClN2/c1-16(19-14-8-9-15-20(19)21)22-23(17-10-4-2-5-11-17)18-12-6-3-7-13-18/h2-15H,1H3. The molecule has 114 valence electrons. The zero-order valence-corrected chi connectivity index (χ0v) is 13.6. The van der Waals surface area contributed by atoms with Crippen molar-refractivity contribution in [3.8, 4) is 0 Å². The zero-order valence-electron chi connectivity index (χ0n) is 12.9. The summed E-state index contributed by atoms with van der Waals surface area (Å²) in [5.74, 6) is 0. The lowest BCUT2D eigenvalue weighted by Gasteiger charge is -2.20. The minimum Gasteiger partial charge on any atom is -0.234 e. The molecular formula is C20H17ClN2. The summed E-state index contributed by atoms with van der Waals surface area (Å²) < 4.78 is 0. The number of anilines is 2. The van der Waals surface area contributed by atoms with Crippen molar-refractivity contribution in [2.45, 2.75) is 6.92 Å². The SMILES string of the molecule is CC(=NN(c1ccccc1)c1ccccc1)c1ccccc1Cl. The lowest BCUT2D eigenvalue weighted by Crippen LogP contribution is -2.12. The normalized spacial score (nSPS) is 11.3. The van der Waals surface area contributed by atoms with Crippen LogP contribution in [0.4, 0.5) is 11.4 Å². The summed E-state index contributed by atoms with van der Waals surface area (Å²) >= 11 is 6.30. The van der Waals surface area contributed by atoms with Crippen LogP contribution in [0.25, 0.3) is 0 Å². The van der Waals surface area contributed by atoms with Gasteiger partial charge in [0.25, 0.3) is 0 Å². The van der Waals surface area contributed by atoms with E-state index in [2.05, 4.69) is 0 Å². The van der Waals surface area contributed by atoms with Crippen LogP contribution >= 0.6 is 11.6 Å². The third kappa shape index (κ3) is 3.61. The smallest absolute Gasteiger partial charge is 0.0670 e. The van der Waals surface area contributed by atoms with Crippen LogP contribution in [0.5, 0.6) is 0 Å². The first kappa shape index (κ1) is 15.3. The molecule has 3 aromatic rings. The second kappa shape index (κ2) is 7.12. The van der Waals surface area contributed by atoms with Crippen LogP contribution in [0.3, 0.4) is 0 Å². The van der Waals surface area contributed by atoms with Crippen LogP contribution in [0.15, 0.2) is 90.0 Å². The molecule has 0 saturated heterocycles. The molecule has 3 aromatic carbocycles. The number of rotatable bonds is 4. The first-order valence-corrected chi connectivity index (χ1v) is 7.84. The fraction of sp³-hybridized carbons (Fsp3) is 0.0500. The van der Waals surface area contributed by atoms with Gasteiger partial charge in [-0.2, -0.15) is 5.10 Å². The molecule has 3 rings (SSSR count). The van der Waals surface area contributed by atoms with Crippen molar-refractivity contribution in [3.63, 3.8) is 0 Å². The number of benzene rings is 3. The third-order valence-corrected chi connectivity index (χ3v) is 3.84. The Labute approximate surface area is 141 Å². The van der Waals surface area contributed by atoms with Gasteiger partial charge in [-0.3, -0.25) is 0 Å². The predicted molar refractivity (Wildman–Crippen MR) is 98.7 cm³/mol. The van der Waals surface area contributed by atoms with Gasteiger partial charge in [0.1, 0.15) is 0 Å². The minimum atomic E-state index is 0.704. The van der Waals surface area contributed by atoms with Crippen LogP contribution in [-0.4, -0.2) is 5.71 Å². The molecule has 2 nitrogen and oxygen atoms in total. The molecule has 0 fully saturated rings. The molecule has 0 N–H and O–H groups in total. The highest BCUT2D eigenvalue weighted by Gasteiger charge is 2.10. The highest BCUT2D eigenvalue weighted by Crippen LogP contribution is 2.26. The van der Waals surface area contributed by atoms with Gasteiger partial charge in [0.05, 0.1) is 17.1 Å². The summed E-state index contributed by atoms with van der Waals surface area (Å²) in [6.45, 7) is 1.97. The van der Waals surface area contributed by atoms with Gasteiger partial charge in [-0.25, -0.2) is 5.01 Å². The molecule has 0 unspecified atom stereocenters. The number of hydrogen-bond acceptors (Lipinski definition) is 2. The summed E-state index contributed by atoms with van der Waals surface area (Å²) in [6, 6.07) is 27.9. The van der Waals surface area contributed by atoms with E-state index in [4.69, 9.17) is 16.7 Å². The summed E-state index contributed by atoms with van der Waals surface area (Å²) in [7, 11) is 0. The minimum absolute atomic E-state index is 0.704. The Morgan fingerprint density at radius 2 is 1.22 bits per heavy atom. The topological polar surface area (TPSA) is 15.6 Å². The average Bonchev–Trinajstić information content (AvgIpc) is 2.61. The van der Waals surface area contributed by atoms with Gasteiger partial charge in [-0.15, -0.1) is 0 Å². The Morgan fingerprint density at radius 3 is 1.74 bits per heavy atom. The maximum atomic E-state index is 6.30. The van der Waals surface area contributed by atoms with Crippen molar-refractivity contribution < 1.29 is 0 Å². The summed E-state index contributed by atoms with van der Waals surface area (Å²) in [6.07, 6.45) is 0. The monoisotopic (exact) mass is 320 g/mol. The van der Waals surface area contributed by atoms with Crippen LogP contribution in [0.1, 0.15) is 12.5 Å². The molecule has 0 radical (unpaired) electrons. The van der Waals surface area contributed by atoms with E-state index in [1.807, 2.05) is 96.9 Å². The van der Waals surface area contributed by atoms with E-state index in [0.29, 0.717) is 5.02 Å². The van der Waals surface area contributed by atoms with Gasteiger partial charge in [0.2, 0.25) is 0 Å². The van der Waals surface area contributed by atoms with E-state index >= 15 is 0 Å². The second-order valence-corrected chi connectivity index (χ2v) is 5.56. The van der Waals surface area contributed by atoms with E-state index in [1.165, 1.54) is 0 Å².